The van der Waals surface area contributed by atoms with Gasteiger partial charge in [-0.3, -0.25) is 4.79 Å². The topological polar surface area (TPSA) is 29.5 Å². The average molecular weight is 219 g/mol. The zero-order chi connectivity index (χ0) is 11.8. The second-order valence-corrected chi connectivity index (χ2v) is 3.49. The van der Waals surface area contributed by atoms with Crippen molar-refractivity contribution in [3.63, 3.8) is 0 Å². The minimum absolute atomic E-state index is 0.104. The normalized spacial score (nSPS) is 11.2. The van der Waals surface area contributed by atoms with E-state index in [2.05, 4.69) is 0 Å². The van der Waals surface area contributed by atoms with Gasteiger partial charge in [0.05, 0.1) is 7.11 Å². The van der Waals surface area contributed by atoms with Crippen LogP contribution in [0.5, 0.6) is 0 Å². The van der Waals surface area contributed by atoms with Crippen LogP contribution in [-0.2, 0) is 9.63 Å². The fourth-order valence-corrected chi connectivity index (χ4v) is 1.20. The maximum Gasteiger partial charge on any atom is 0.157 e. The lowest BCUT2D eigenvalue weighted by molar-refractivity contribution is -0.125. The number of hydrogen-bond acceptors (Lipinski definition) is 3. The molecule has 1 aromatic carbocycles. The summed E-state index contributed by atoms with van der Waals surface area (Å²) in [5.74, 6) is 0.104. The van der Waals surface area contributed by atoms with E-state index < -0.39 is 0 Å². The molecule has 0 aliphatic rings. The van der Waals surface area contributed by atoms with Crippen LogP contribution in [-0.4, -0.2) is 31.5 Å². The molecule has 0 spiro atoms. The van der Waals surface area contributed by atoms with E-state index in [1.807, 2.05) is 36.4 Å². The predicted molar refractivity (Wildman–Crippen MR) is 64.7 cm³/mol. The molecule has 86 valence electrons. The molecule has 3 nitrogen and oxygen atoms in total. The third kappa shape index (κ3) is 4.87. The molecule has 0 bridgehead atoms. The van der Waals surface area contributed by atoms with Crippen LogP contribution in [0.1, 0.15) is 12.0 Å². The van der Waals surface area contributed by atoms with Gasteiger partial charge in [-0.2, -0.15) is 5.06 Å². The molecule has 0 saturated heterocycles. The molecule has 0 amide bonds. The van der Waals surface area contributed by atoms with Crippen molar-refractivity contribution in [2.24, 2.45) is 0 Å². The number of ketones is 1. The highest BCUT2D eigenvalue weighted by atomic mass is 16.7. The molecule has 0 fully saturated rings. The summed E-state index contributed by atoms with van der Waals surface area (Å²) in [6.45, 7) is 0.606. The average Bonchev–Trinajstić information content (AvgIpc) is 2.34. The number of rotatable bonds is 6. The van der Waals surface area contributed by atoms with E-state index in [-0.39, 0.29) is 5.78 Å². The highest BCUT2D eigenvalue weighted by Gasteiger charge is 2.00. The van der Waals surface area contributed by atoms with Gasteiger partial charge in [0, 0.05) is 20.0 Å². The minimum atomic E-state index is 0.104. The van der Waals surface area contributed by atoms with Crippen molar-refractivity contribution >= 4 is 11.9 Å². The first kappa shape index (κ1) is 12.6. The molecule has 0 aliphatic heterocycles. The van der Waals surface area contributed by atoms with Crippen molar-refractivity contribution in [3.8, 4) is 0 Å². The summed E-state index contributed by atoms with van der Waals surface area (Å²) in [5.41, 5.74) is 1.04. The summed E-state index contributed by atoms with van der Waals surface area (Å²) in [6.07, 6.45) is 3.90. The smallest absolute Gasteiger partial charge is 0.157 e. The number of allylic oxidation sites excluding steroid dienone is 1. The van der Waals surface area contributed by atoms with Gasteiger partial charge in [-0.1, -0.05) is 36.4 Å². The lowest BCUT2D eigenvalue weighted by Crippen LogP contribution is -2.19. The van der Waals surface area contributed by atoms with Gasteiger partial charge in [0.1, 0.15) is 0 Å². The van der Waals surface area contributed by atoms with Gasteiger partial charge in [-0.25, -0.2) is 0 Å². The Balaban J connectivity index is 2.37. The van der Waals surface area contributed by atoms with Gasteiger partial charge >= 0.3 is 0 Å². The molecular formula is C13H17NO2. The number of hydroxylamine groups is 2. The molecule has 1 rings (SSSR count). The Morgan fingerprint density at radius 3 is 2.69 bits per heavy atom. The van der Waals surface area contributed by atoms with Crippen LogP contribution < -0.4 is 0 Å². The van der Waals surface area contributed by atoms with E-state index in [0.717, 1.165) is 5.56 Å². The summed E-state index contributed by atoms with van der Waals surface area (Å²) in [5, 5.41) is 1.63. The Labute approximate surface area is 96.3 Å². The van der Waals surface area contributed by atoms with E-state index in [9.17, 15) is 4.79 Å². The van der Waals surface area contributed by atoms with Crippen molar-refractivity contribution < 1.29 is 9.63 Å². The molecule has 0 saturated carbocycles. The summed E-state index contributed by atoms with van der Waals surface area (Å²) >= 11 is 0. The van der Waals surface area contributed by atoms with Crippen LogP contribution in [0.2, 0.25) is 0 Å². The van der Waals surface area contributed by atoms with Gasteiger partial charge in [0.2, 0.25) is 0 Å². The van der Waals surface area contributed by atoms with E-state index >= 15 is 0 Å². The highest BCUT2D eigenvalue weighted by molar-refractivity contribution is 5.93. The van der Waals surface area contributed by atoms with Gasteiger partial charge in [-0.05, 0) is 11.6 Å². The third-order valence-corrected chi connectivity index (χ3v) is 2.25. The SMILES string of the molecule is CON(C)CCC(=O)C=Cc1ccccc1. The summed E-state index contributed by atoms with van der Waals surface area (Å²) in [6, 6.07) is 9.77. The lowest BCUT2D eigenvalue weighted by atomic mass is 10.2. The Morgan fingerprint density at radius 1 is 1.38 bits per heavy atom. The standard InChI is InChI=1S/C13H17NO2/c1-14(16-2)11-10-13(15)9-8-12-6-4-3-5-7-12/h3-9H,10-11H2,1-2H3. The second kappa shape index (κ2) is 6.93. The summed E-state index contributed by atoms with van der Waals surface area (Å²) in [7, 11) is 3.39. The monoisotopic (exact) mass is 219 g/mol. The molecule has 16 heavy (non-hydrogen) atoms. The molecule has 0 heterocycles. The number of benzene rings is 1. The first-order chi connectivity index (χ1) is 7.72. The van der Waals surface area contributed by atoms with Crippen LogP contribution >= 0.6 is 0 Å². The fourth-order valence-electron chi connectivity index (χ4n) is 1.20. The number of carbonyl (C=O) groups is 1. The van der Waals surface area contributed by atoms with Gasteiger partial charge < -0.3 is 4.84 Å². The summed E-state index contributed by atoms with van der Waals surface area (Å²) in [4.78, 5) is 16.4. The zero-order valence-electron chi connectivity index (χ0n) is 9.72. The van der Waals surface area contributed by atoms with Crippen molar-refractivity contribution in [2.75, 3.05) is 20.7 Å². The second-order valence-electron chi connectivity index (χ2n) is 3.49. The number of hydrogen-bond donors (Lipinski definition) is 0. The van der Waals surface area contributed by atoms with E-state index in [1.54, 1.807) is 25.3 Å². The van der Waals surface area contributed by atoms with Crippen LogP contribution in [0.15, 0.2) is 36.4 Å². The Kier molecular flexibility index (Phi) is 5.46. The summed E-state index contributed by atoms with van der Waals surface area (Å²) < 4.78 is 0. The molecule has 3 heteroatoms. The highest BCUT2D eigenvalue weighted by Crippen LogP contribution is 2.01. The molecule has 0 aliphatic carbocycles. The first-order valence-electron chi connectivity index (χ1n) is 5.23. The maximum absolute atomic E-state index is 11.5. The molecular weight excluding hydrogens is 202 g/mol. The zero-order valence-corrected chi connectivity index (χ0v) is 9.72. The van der Waals surface area contributed by atoms with E-state index in [1.165, 1.54) is 0 Å². The molecule has 0 atom stereocenters. The Morgan fingerprint density at radius 2 is 2.06 bits per heavy atom. The van der Waals surface area contributed by atoms with Crippen LogP contribution in [0.4, 0.5) is 0 Å². The largest absolute Gasteiger partial charge is 0.303 e. The van der Waals surface area contributed by atoms with Gasteiger partial charge in [0.15, 0.2) is 5.78 Å². The molecule has 0 aromatic heterocycles. The van der Waals surface area contributed by atoms with Crippen LogP contribution in [0, 0.1) is 0 Å². The lowest BCUT2D eigenvalue weighted by Gasteiger charge is -2.11. The third-order valence-electron chi connectivity index (χ3n) is 2.25. The van der Waals surface area contributed by atoms with Gasteiger partial charge in [0.25, 0.3) is 0 Å². The van der Waals surface area contributed by atoms with E-state index in [4.69, 9.17) is 4.84 Å². The first-order valence-corrected chi connectivity index (χ1v) is 5.23. The number of nitrogens with zero attached hydrogens (tertiary/aromatic N) is 1. The van der Waals surface area contributed by atoms with Crippen molar-refractivity contribution in [1.29, 1.82) is 0 Å². The van der Waals surface area contributed by atoms with Crippen LogP contribution in [0.3, 0.4) is 0 Å². The minimum Gasteiger partial charge on any atom is -0.303 e. The van der Waals surface area contributed by atoms with Crippen molar-refractivity contribution in [1.82, 2.24) is 5.06 Å². The quantitative estimate of drug-likeness (QED) is 0.542. The van der Waals surface area contributed by atoms with Crippen LogP contribution in [0.25, 0.3) is 6.08 Å². The van der Waals surface area contributed by atoms with Crippen molar-refractivity contribution in [2.45, 2.75) is 6.42 Å². The predicted octanol–water partition coefficient (Wildman–Crippen LogP) is 2.15. The molecule has 1 aromatic rings. The maximum atomic E-state index is 11.5. The van der Waals surface area contributed by atoms with Crippen molar-refractivity contribution in [3.05, 3.63) is 42.0 Å². The fraction of sp³-hybridized carbons (Fsp3) is 0.308. The van der Waals surface area contributed by atoms with Gasteiger partial charge in [-0.15, -0.1) is 0 Å². The Hall–Kier alpha value is -1.45. The van der Waals surface area contributed by atoms with E-state index in [0.29, 0.717) is 13.0 Å². The molecule has 0 unspecified atom stereocenters. The molecule has 0 N–H and O–H groups in total. The molecule has 0 radical (unpaired) electrons. The Bertz CT molecular complexity index is 346. The number of carbonyl (C=O) groups excluding carboxylic acids is 1.